The van der Waals surface area contributed by atoms with Crippen LogP contribution in [0.15, 0.2) is 5.38 Å². The Morgan fingerprint density at radius 1 is 1.42 bits per heavy atom. The molecular weight excluding hydrogens is 345 g/mol. The molecule has 2 aliphatic rings. The zero-order valence-corrected chi connectivity index (χ0v) is 13.6. The fourth-order valence-electron chi connectivity index (χ4n) is 3.07. The number of halogens is 3. The first-order valence-electron chi connectivity index (χ1n) is 7.59. The maximum absolute atomic E-state index is 12.5. The number of hydrogen-bond donors (Lipinski definition) is 2. The number of hydrogen-bond acceptors (Lipinski definition) is 4. The minimum atomic E-state index is -4.47. The Hall–Kier alpha value is -1.84. The lowest BCUT2D eigenvalue weighted by Crippen LogP contribution is -2.47. The zero-order chi connectivity index (χ0) is 17.4. The molecule has 3 heterocycles. The van der Waals surface area contributed by atoms with Crippen LogP contribution in [-0.4, -0.2) is 41.5 Å². The van der Waals surface area contributed by atoms with Gasteiger partial charge in [0, 0.05) is 31.4 Å². The van der Waals surface area contributed by atoms with Gasteiger partial charge in [0.15, 0.2) is 5.69 Å². The number of amides is 3. The number of aromatic nitrogens is 1. The van der Waals surface area contributed by atoms with Crippen molar-refractivity contribution in [2.75, 3.05) is 19.6 Å². The molecule has 0 aliphatic carbocycles. The van der Waals surface area contributed by atoms with Crippen LogP contribution in [0.25, 0.3) is 0 Å². The van der Waals surface area contributed by atoms with Gasteiger partial charge < -0.3 is 15.5 Å². The number of alkyl halides is 3. The Kier molecular flexibility index (Phi) is 4.41. The van der Waals surface area contributed by atoms with Crippen molar-refractivity contribution in [3.8, 4) is 0 Å². The summed E-state index contributed by atoms with van der Waals surface area (Å²) in [5.41, 5.74) is -0.986. The third kappa shape index (κ3) is 3.63. The molecule has 1 aromatic heterocycles. The van der Waals surface area contributed by atoms with Gasteiger partial charge in [-0.15, -0.1) is 11.3 Å². The molecule has 24 heavy (non-hydrogen) atoms. The van der Waals surface area contributed by atoms with Crippen molar-refractivity contribution in [1.29, 1.82) is 0 Å². The van der Waals surface area contributed by atoms with Crippen LogP contribution >= 0.6 is 11.3 Å². The highest BCUT2D eigenvalue weighted by Gasteiger charge is 2.41. The SMILES string of the molecule is O=C1CC2(CCN(C(=O)NCc3nc(C(F)(F)F)cs3)CC2)CN1. The number of nitrogens with one attached hydrogen (secondary N) is 2. The Morgan fingerprint density at radius 2 is 2.12 bits per heavy atom. The van der Waals surface area contributed by atoms with E-state index in [1.165, 1.54) is 0 Å². The van der Waals surface area contributed by atoms with Crippen molar-refractivity contribution in [1.82, 2.24) is 20.5 Å². The van der Waals surface area contributed by atoms with Crippen LogP contribution in [0.2, 0.25) is 0 Å². The molecule has 3 amide bonds. The average molecular weight is 362 g/mol. The number of piperidine rings is 1. The van der Waals surface area contributed by atoms with Crippen molar-refractivity contribution in [2.24, 2.45) is 5.41 Å². The molecule has 0 aromatic carbocycles. The molecule has 1 spiro atoms. The molecule has 0 radical (unpaired) electrons. The van der Waals surface area contributed by atoms with Crippen LogP contribution in [-0.2, 0) is 17.5 Å². The second-order valence-corrected chi connectivity index (χ2v) is 7.17. The van der Waals surface area contributed by atoms with E-state index in [4.69, 9.17) is 0 Å². The highest BCUT2D eigenvalue weighted by Crippen LogP contribution is 2.37. The van der Waals surface area contributed by atoms with Crippen LogP contribution in [0.5, 0.6) is 0 Å². The van der Waals surface area contributed by atoms with Crippen molar-refractivity contribution < 1.29 is 22.8 Å². The zero-order valence-electron chi connectivity index (χ0n) is 12.8. The minimum absolute atomic E-state index is 0.0265. The third-order valence-electron chi connectivity index (χ3n) is 4.54. The number of carbonyl (C=O) groups excluding carboxylic acids is 2. The molecular formula is C14H17F3N4O2S. The second kappa shape index (κ2) is 6.23. The van der Waals surface area contributed by atoms with Gasteiger partial charge in [-0.05, 0) is 18.3 Å². The van der Waals surface area contributed by atoms with E-state index in [1.54, 1.807) is 4.90 Å². The molecule has 2 aliphatic heterocycles. The first-order chi connectivity index (χ1) is 11.3. The monoisotopic (exact) mass is 362 g/mol. The summed E-state index contributed by atoms with van der Waals surface area (Å²) in [5, 5.41) is 6.59. The van der Waals surface area contributed by atoms with E-state index in [-0.39, 0.29) is 28.9 Å². The molecule has 3 rings (SSSR count). The summed E-state index contributed by atoms with van der Waals surface area (Å²) < 4.78 is 37.4. The summed E-state index contributed by atoms with van der Waals surface area (Å²) in [6.45, 7) is 1.70. The maximum atomic E-state index is 12.5. The molecule has 2 saturated heterocycles. The standard InChI is InChI=1S/C14H17F3N4O2S/c15-14(16,17)9-7-24-11(20-9)6-18-12(23)21-3-1-13(2-4-21)5-10(22)19-8-13/h7H,1-6,8H2,(H,18,23)(H,19,22). The summed E-state index contributed by atoms with van der Waals surface area (Å²) >= 11 is 0.870. The van der Waals surface area contributed by atoms with Gasteiger partial charge in [0.05, 0.1) is 6.54 Å². The quantitative estimate of drug-likeness (QED) is 0.845. The lowest BCUT2D eigenvalue weighted by atomic mass is 9.78. The Balaban J connectivity index is 1.48. The average Bonchev–Trinajstić information content (AvgIpc) is 3.13. The van der Waals surface area contributed by atoms with E-state index < -0.39 is 11.9 Å². The Morgan fingerprint density at radius 3 is 2.67 bits per heavy atom. The van der Waals surface area contributed by atoms with Gasteiger partial charge in [-0.3, -0.25) is 4.79 Å². The number of rotatable bonds is 2. The first kappa shape index (κ1) is 17.0. The predicted octanol–water partition coefficient (Wildman–Crippen LogP) is 1.97. The molecule has 2 fully saturated rings. The van der Waals surface area contributed by atoms with Gasteiger partial charge in [-0.2, -0.15) is 13.2 Å². The van der Waals surface area contributed by atoms with E-state index >= 15 is 0 Å². The molecule has 1 aromatic rings. The summed E-state index contributed by atoms with van der Waals surface area (Å²) in [6, 6.07) is -0.314. The van der Waals surface area contributed by atoms with Gasteiger partial charge >= 0.3 is 12.2 Å². The largest absolute Gasteiger partial charge is 0.434 e. The Bertz CT molecular complexity index is 638. The maximum Gasteiger partial charge on any atom is 0.434 e. The molecule has 0 atom stereocenters. The van der Waals surface area contributed by atoms with Gasteiger partial charge in [-0.1, -0.05) is 0 Å². The summed E-state index contributed by atoms with van der Waals surface area (Å²) in [4.78, 5) is 28.6. The van der Waals surface area contributed by atoms with E-state index in [2.05, 4.69) is 15.6 Å². The van der Waals surface area contributed by atoms with Crippen molar-refractivity contribution in [3.05, 3.63) is 16.1 Å². The second-order valence-electron chi connectivity index (χ2n) is 6.22. The number of thiazole rings is 1. The summed E-state index contributed by atoms with van der Waals surface area (Å²) in [6.07, 6.45) is -2.47. The molecule has 2 N–H and O–H groups in total. The minimum Gasteiger partial charge on any atom is -0.356 e. The van der Waals surface area contributed by atoms with Crippen molar-refractivity contribution in [2.45, 2.75) is 32.0 Å². The number of urea groups is 1. The first-order valence-corrected chi connectivity index (χ1v) is 8.47. The highest BCUT2D eigenvalue weighted by molar-refractivity contribution is 7.09. The van der Waals surface area contributed by atoms with Crippen LogP contribution in [0.3, 0.4) is 0 Å². The van der Waals surface area contributed by atoms with Gasteiger partial charge in [0.25, 0.3) is 0 Å². The molecule has 6 nitrogen and oxygen atoms in total. The smallest absolute Gasteiger partial charge is 0.356 e. The van der Waals surface area contributed by atoms with Gasteiger partial charge in [0.1, 0.15) is 5.01 Å². The predicted molar refractivity (Wildman–Crippen MR) is 80.2 cm³/mol. The van der Waals surface area contributed by atoms with E-state index in [9.17, 15) is 22.8 Å². The third-order valence-corrected chi connectivity index (χ3v) is 5.39. The molecule has 132 valence electrons. The van der Waals surface area contributed by atoms with Gasteiger partial charge in [-0.25, -0.2) is 9.78 Å². The van der Waals surface area contributed by atoms with Gasteiger partial charge in [0.2, 0.25) is 5.91 Å². The van der Waals surface area contributed by atoms with Crippen LogP contribution in [0.4, 0.5) is 18.0 Å². The number of likely N-dealkylation sites (tertiary alicyclic amines) is 1. The van der Waals surface area contributed by atoms with Crippen molar-refractivity contribution >= 4 is 23.3 Å². The molecule has 0 saturated carbocycles. The van der Waals surface area contributed by atoms with E-state index in [0.717, 1.165) is 29.6 Å². The van der Waals surface area contributed by atoms with Crippen LogP contribution in [0, 0.1) is 5.41 Å². The van der Waals surface area contributed by atoms with Crippen molar-refractivity contribution in [3.63, 3.8) is 0 Å². The number of nitrogens with zero attached hydrogens (tertiary/aromatic N) is 2. The van der Waals surface area contributed by atoms with Crippen LogP contribution in [0.1, 0.15) is 30.0 Å². The summed E-state index contributed by atoms with van der Waals surface area (Å²) in [7, 11) is 0. The fourth-order valence-corrected chi connectivity index (χ4v) is 3.82. The topological polar surface area (TPSA) is 74.3 Å². The van der Waals surface area contributed by atoms with E-state index in [1.807, 2.05) is 0 Å². The Labute approximate surface area is 140 Å². The lowest BCUT2D eigenvalue weighted by Gasteiger charge is -2.38. The molecule has 0 unspecified atom stereocenters. The van der Waals surface area contributed by atoms with Crippen LogP contribution < -0.4 is 10.6 Å². The lowest BCUT2D eigenvalue weighted by molar-refractivity contribution is -0.140. The summed E-state index contributed by atoms with van der Waals surface area (Å²) in [5.74, 6) is 0.0529. The normalized spacial score (nSPS) is 20.3. The molecule has 10 heteroatoms. The van der Waals surface area contributed by atoms with E-state index in [0.29, 0.717) is 26.1 Å². The fraction of sp³-hybridized carbons (Fsp3) is 0.643. The molecule has 0 bridgehead atoms. The highest BCUT2D eigenvalue weighted by atomic mass is 32.1. The number of carbonyl (C=O) groups is 2.